The Morgan fingerprint density at radius 1 is 1.57 bits per heavy atom. The summed E-state index contributed by atoms with van der Waals surface area (Å²) in [7, 11) is 0. The Morgan fingerprint density at radius 3 is 3.00 bits per heavy atom. The van der Waals surface area contributed by atoms with E-state index in [9.17, 15) is 4.79 Å². The number of ether oxygens (including phenoxy) is 1. The zero-order chi connectivity index (χ0) is 10.4. The highest BCUT2D eigenvalue weighted by molar-refractivity contribution is 5.66. The van der Waals surface area contributed by atoms with Crippen molar-refractivity contribution in [3.63, 3.8) is 0 Å². The second-order valence-electron chi connectivity index (χ2n) is 3.77. The van der Waals surface area contributed by atoms with Crippen molar-refractivity contribution in [1.29, 1.82) is 0 Å². The van der Waals surface area contributed by atoms with Crippen LogP contribution in [0.3, 0.4) is 0 Å². The van der Waals surface area contributed by atoms with Crippen LogP contribution in [0.1, 0.15) is 26.2 Å². The van der Waals surface area contributed by atoms with Crippen LogP contribution >= 0.6 is 0 Å². The van der Waals surface area contributed by atoms with E-state index in [-0.39, 0.29) is 12.5 Å². The van der Waals surface area contributed by atoms with E-state index in [1.165, 1.54) is 0 Å². The van der Waals surface area contributed by atoms with E-state index in [0.29, 0.717) is 5.92 Å². The predicted molar refractivity (Wildman–Crippen MR) is 53.3 cm³/mol. The molecule has 2 atom stereocenters. The van der Waals surface area contributed by atoms with Crippen molar-refractivity contribution in [2.75, 3.05) is 19.7 Å². The number of carboxylic acids is 1. The average molecular weight is 201 g/mol. The molecule has 0 bridgehead atoms. The van der Waals surface area contributed by atoms with Crippen LogP contribution in [0.25, 0.3) is 0 Å². The van der Waals surface area contributed by atoms with Crippen molar-refractivity contribution in [3.8, 4) is 0 Å². The highest BCUT2D eigenvalue weighted by atomic mass is 16.5. The number of nitrogens with one attached hydrogen (secondary N) is 1. The summed E-state index contributed by atoms with van der Waals surface area (Å²) in [5, 5.41) is 11.8. The first-order valence-electron chi connectivity index (χ1n) is 5.26. The molecule has 0 spiro atoms. The third kappa shape index (κ3) is 4.07. The highest BCUT2D eigenvalue weighted by Crippen LogP contribution is 2.18. The molecule has 0 amide bonds. The minimum atomic E-state index is -0.705. The summed E-state index contributed by atoms with van der Waals surface area (Å²) in [5.74, 6) is -0.250. The molecule has 14 heavy (non-hydrogen) atoms. The van der Waals surface area contributed by atoms with Crippen LogP contribution in [-0.4, -0.2) is 36.9 Å². The lowest BCUT2D eigenvalue weighted by Gasteiger charge is -2.29. The summed E-state index contributed by atoms with van der Waals surface area (Å²) in [6, 6.07) is 0. The van der Waals surface area contributed by atoms with E-state index >= 15 is 0 Å². The number of hydrogen-bond acceptors (Lipinski definition) is 3. The highest BCUT2D eigenvalue weighted by Gasteiger charge is 2.21. The number of carbonyl (C=O) groups is 1. The molecular weight excluding hydrogens is 182 g/mol. The quantitative estimate of drug-likeness (QED) is 0.693. The lowest BCUT2D eigenvalue weighted by Crippen LogP contribution is -2.40. The minimum Gasteiger partial charge on any atom is -0.481 e. The van der Waals surface area contributed by atoms with Crippen molar-refractivity contribution < 1.29 is 14.6 Å². The van der Waals surface area contributed by atoms with E-state index in [1.54, 1.807) is 0 Å². The molecule has 1 saturated heterocycles. The molecule has 0 aliphatic carbocycles. The second-order valence-corrected chi connectivity index (χ2v) is 3.77. The van der Waals surface area contributed by atoms with E-state index in [0.717, 1.165) is 32.5 Å². The summed E-state index contributed by atoms with van der Waals surface area (Å²) in [6.07, 6.45) is 2.29. The molecule has 1 heterocycles. The maximum Gasteiger partial charge on any atom is 0.303 e. The zero-order valence-electron chi connectivity index (χ0n) is 8.66. The molecule has 0 aromatic heterocycles. The van der Waals surface area contributed by atoms with Gasteiger partial charge in [-0.1, -0.05) is 0 Å². The first kappa shape index (κ1) is 11.5. The Kier molecular flexibility index (Phi) is 4.90. The Balaban J connectivity index is 2.21. The molecule has 2 N–H and O–H groups in total. The summed E-state index contributed by atoms with van der Waals surface area (Å²) in [5.41, 5.74) is 0. The molecule has 4 nitrogen and oxygen atoms in total. The van der Waals surface area contributed by atoms with Crippen molar-refractivity contribution in [2.45, 2.75) is 32.3 Å². The van der Waals surface area contributed by atoms with E-state index in [4.69, 9.17) is 9.84 Å². The monoisotopic (exact) mass is 201 g/mol. The van der Waals surface area contributed by atoms with Gasteiger partial charge in [0.25, 0.3) is 0 Å². The number of carboxylic acid groups (broad SMARTS) is 1. The molecule has 0 aromatic rings. The minimum absolute atomic E-state index is 0.269. The van der Waals surface area contributed by atoms with Gasteiger partial charge in [0, 0.05) is 19.6 Å². The van der Waals surface area contributed by atoms with Crippen LogP contribution in [0.5, 0.6) is 0 Å². The smallest absolute Gasteiger partial charge is 0.303 e. The third-order valence-electron chi connectivity index (χ3n) is 2.57. The molecule has 4 heteroatoms. The molecule has 1 aliphatic rings. The van der Waals surface area contributed by atoms with Gasteiger partial charge in [0.1, 0.15) is 0 Å². The lowest BCUT2D eigenvalue weighted by molar-refractivity contribution is -0.137. The van der Waals surface area contributed by atoms with Crippen molar-refractivity contribution >= 4 is 5.97 Å². The summed E-state index contributed by atoms with van der Waals surface area (Å²) < 4.78 is 5.51. The van der Waals surface area contributed by atoms with Gasteiger partial charge in [0.05, 0.1) is 6.10 Å². The Hall–Kier alpha value is -0.610. The van der Waals surface area contributed by atoms with Crippen LogP contribution in [-0.2, 0) is 9.53 Å². The Labute approximate surface area is 84.6 Å². The second kappa shape index (κ2) is 5.98. The summed E-state index contributed by atoms with van der Waals surface area (Å²) >= 11 is 0. The summed E-state index contributed by atoms with van der Waals surface area (Å²) in [4.78, 5) is 10.4. The van der Waals surface area contributed by atoms with Gasteiger partial charge >= 0.3 is 5.97 Å². The van der Waals surface area contributed by atoms with Crippen molar-refractivity contribution in [3.05, 3.63) is 0 Å². The molecule has 0 saturated carbocycles. The van der Waals surface area contributed by atoms with Gasteiger partial charge in [-0.25, -0.2) is 0 Å². The third-order valence-corrected chi connectivity index (χ3v) is 2.57. The van der Waals surface area contributed by atoms with Crippen LogP contribution in [0.2, 0.25) is 0 Å². The largest absolute Gasteiger partial charge is 0.481 e. The molecule has 1 aliphatic heterocycles. The molecular formula is C10H19NO3. The SMILES string of the molecule is CCOC1CNCC(CCC(=O)O)C1. The number of hydrogen-bond donors (Lipinski definition) is 2. The van der Waals surface area contributed by atoms with Crippen LogP contribution in [0.15, 0.2) is 0 Å². The maximum absolute atomic E-state index is 10.4. The average Bonchev–Trinajstić information content (AvgIpc) is 2.16. The Morgan fingerprint density at radius 2 is 2.36 bits per heavy atom. The van der Waals surface area contributed by atoms with E-state index < -0.39 is 5.97 Å². The van der Waals surface area contributed by atoms with Gasteiger partial charge in [-0.05, 0) is 32.2 Å². The standard InChI is InChI=1S/C10H19NO3/c1-2-14-9-5-8(6-11-7-9)3-4-10(12)13/h8-9,11H,2-7H2,1H3,(H,12,13). The number of rotatable bonds is 5. The molecule has 0 radical (unpaired) electrons. The number of piperidine rings is 1. The fraction of sp³-hybridized carbons (Fsp3) is 0.900. The summed E-state index contributed by atoms with van der Waals surface area (Å²) in [6.45, 7) is 4.55. The first-order valence-corrected chi connectivity index (χ1v) is 5.26. The van der Waals surface area contributed by atoms with Crippen LogP contribution in [0.4, 0.5) is 0 Å². The topological polar surface area (TPSA) is 58.6 Å². The normalized spacial score (nSPS) is 27.5. The molecule has 1 fully saturated rings. The fourth-order valence-corrected chi connectivity index (χ4v) is 1.90. The van der Waals surface area contributed by atoms with Crippen LogP contribution < -0.4 is 5.32 Å². The van der Waals surface area contributed by atoms with E-state index in [2.05, 4.69) is 5.32 Å². The van der Waals surface area contributed by atoms with Crippen molar-refractivity contribution in [1.82, 2.24) is 5.32 Å². The zero-order valence-corrected chi connectivity index (χ0v) is 8.66. The predicted octanol–water partition coefficient (Wildman–Crippen LogP) is 0.866. The molecule has 2 unspecified atom stereocenters. The lowest BCUT2D eigenvalue weighted by atomic mass is 9.93. The Bertz CT molecular complexity index is 182. The van der Waals surface area contributed by atoms with Gasteiger partial charge in [-0.15, -0.1) is 0 Å². The van der Waals surface area contributed by atoms with Gasteiger partial charge in [0.15, 0.2) is 0 Å². The van der Waals surface area contributed by atoms with Gasteiger partial charge in [0.2, 0.25) is 0 Å². The molecule has 82 valence electrons. The maximum atomic E-state index is 10.4. The van der Waals surface area contributed by atoms with Gasteiger partial charge in [-0.3, -0.25) is 4.79 Å². The molecule has 1 rings (SSSR count). The fourth-order valence-electron chi connectivity index (χ4n) is 1.90. The van der Waals surface area contributed by atoms with Gasteiger partial charge < -0.3 is 15.2 Å². The number of aliphatic carboxylic acids is 1. The van der Waals surface area contributed by atoms with Crippen LogP contribution in [0, 0.1) is 5.92 Å². The molecule has 0 aromatic carbocycles. The van der Waals surface area contributed by atoms with Gasteiger partial charge in [-0.2, -0.15) is 0 Å². The van der Waals surface area contributed by atoms with Crippen molar-refractivity contribution in [2.24, 2.45) is 5.92 Å². The first-order chi connectivity index (χ1) is 6.72. The van der Waals surface area contributed by atoms with E-state index in [1.807, 2.05) is 6.92 Å².